The summed E-state index contributed by atoms with van der Waals surface area (Å²) in [5, 5.41) is 2.79. The molecule has 1 amide bonds. The van der Waals surface area contributed by atoms with E-state index in [-0.39, 0.29) is 18.3 Å². The van der Waals surface area contributed by atoms with Crippen LogP contribution >= 0.6 is 0 Å². The van der Waals surface area contributed by atoms with Crippen molar-refractivity contribution in [3.63, 3.8) is 0 Å². The van der Waals surface area contributed by atoms with Gasteiger partial charge in [-0.05, 0) is 31.2 Å². The number of nitrogens with zero attached hydrogens (tertiary/aromatic N) is 1. The molecule has 0 unspecified atom stereocenters. The highest BCUT2D eigenvalue weighted by atomic mass is 19.1. The number of benzene rings is 2. The molecular weight excluding hydrogens is 331 g/mol. The molecule has 2 aromatic carbocycles. The van der Waals surface area contributed by atoms with E-state index in [4.69, 9.17) is 4.74 Å². The van der Waals surface area contributed by atoms with E-state index in [2.05, 4.69) is 10.3 Å². The van der Waals surface area contributed by atoms with Crippen LogP contribution in [0.5, 0.6) is 5.75 Å². The van der Waals surface area contributed by atoms with Crippen LogP contribution in [-0.2, 0) is 0 Å². The highest BCUT2D eigenvalue weighted by Crippen LogP contribution is 2.18. The summed E-state index contributed by atoms with van der Waals surface area (Å²) in [5.41, 5.74) is 3.02. The SMILES string of the molecule is Cc1nc(-c2ccccc2)ccc1C(=O)NCCOc1cccc(F)c1. The minimum atomic E-state index is -0.355. The Morgan fingerprint density at radius 3 is 2.62 bits per heavy atom. The Kier molecular flexibility index (Phi) is 5.59. The molecule has 132 valence electrons. The lowest BCUT2D eigenvalue weighted by atomic mass is 10.1. The summed E-state index contributed by atoms with van der Waals surface area (Å²) >= 11 is 0. The third-order valence-corrected chi connectivity index (χ3v) is 3.85. The van der Waals surface area contributed by atoms with Gasteiger partial charge in [-0.3, -0.25) is 9.78 Å². The number of amides is 1. The van der Waals surface area contributed by atoms with Gasteiger partial charge >= 0.3 is 0 Å². The van der Waals surface area contributed by atoms with Crippen molar-refractivity contribution < 1.29 is 13.9 Å². The first-order valence-electron chi connectivity index (χ1n) is 8.33. The number of ether oxygens (including phenoxy) is 1. The third kappa shape index (κ3) is 4.45. The summed E-state index contributed by atoms with van der Waals surface area (Å²) in [6, 6.07) is 19.3. The van der Waals surface area contributed by atoms with Gasteiger partial charge in [-0.2, -0.15) is 0 Å². The largest absolute Gasteiger partial charge is 0.492 e. The van der Waals surface area contributed by atoms with Crippen molar-refractivity contribution in [2.75, 3.05) is 13.2 Å². The van der Waals surface area contributed by atoms with E-state index in [1.807, 2.05) is 43.3 Å². The molecule has 1 N–H and O–H groups in total. The van der Waals surface area contributed by atoms with Crippen molar-refractivity contribution in [2.45, 2.75) is 6.92 Å². The second kappa shape index (κ2) is 8.25. The molecule has 0 aliphatic rings. The van der Waals surface area contributed by atoms with E-state index in [0.717, 1.165) is 11.3 Å². The van der Waals surface area contributed by atoms with E-state index in [9.17, 15) is 9.18 Å². The molecule has 0 aliphatic heterocycles. The van der Waals surface area contributed by atoms with Gasteiger partial charge in [0, 0.05) is 11.6 Å². The van der Waals surface area contributed by atoms with E-state index < -0.39 is 0 Å². The quantitative estimate of drug-likeness (QED) is 0.684. The van der Waals surface area contributed by atoms with Crippen molar-refractivity contribution in [2.24, 2.45) is 0 Å². The predicted octanol–water partition coefficient (Wildman–Crippen LogP) is 4.00. The Hall–Kier alpha value is -3.21. The number of pyridine rings is 1. The minimum Gasteiger partial charge on any atom is -0.492 e. The van der Waals surface area contributed by atoms with Crippen LogP contribution < -0.4 is 10.1 Å². The van der Waals surface area contributed by atoms with Crippen molar-refractivity contribution in [3.8, 4) is 17.0 Å². The smallest absolute Gasteiger partial charge is 0.253 e. The van der Waals surface area contributed by atoms with Crippen molar-refractivity contribution in [3.05, 3.63) is 83.8 Å². The van der Waals surface area contributed by atoms with Gasteiger partial charge in [0.2, 0.25) is 0 Å². The number of carbonyl (C=O) groups is 1. The zero-order valence-corrected chi connectivity index (χ0v) is 14.4. The molecule has 0 atom stereocenters. The molecule has 4 nitrogen and oxygen atoms in total. The molecule has 0 fully saturated rings. The summed E-state index contributed by atoms with van der Waals surface area (Å²) in [6.45, 7) is 2.38. The fraction of sp³-hybridized carbons (Fsp3) is 0.143. The molecular formula is C21H19FN2O2. The lowest BCUT2D eigenvalue weighted by Crippen LogP contribution is -2.28. The van der Waals surface area contributed by atoms with Crippen LogP contribution in [0.4, 0.5) is 4.39 Å². The summed E-state index contributed by atoms with van der Waals surface area (Å²) < 4.78 is 18.5. The second-order valence-corrected chi connectivity index (χ2v) is 5.76. The molecule has 1 heterocycles. The first kappa shape index (κ1) is 17.6. The van der Waals surface area contributed by atoms with Crippen molar-refractivity contribution >= 4 is 5.91 Å². The Morgan fingerprint density at radius 1 is 1.08 bits per heavy atom. The van der Waals surface area contributed by atoms with Crippen LogP contribution in [-0.4, -0.2) is 24.0 Å². The van der Waals surface area contributed by atoms with Crippen LogP contribution in [0, 0.1) is 12.7 Å². The van der Waals surface area contributed by atoms with Gasteiger partial charge in [0.25, 0.3) is 5.91 Å². The molecule has 0 radical (unpaired) electrons. The summed E-state index contributed by atoms with van der Waals surface area (Å²) in [6.07, 6.45) is 0. The maximum Gasteiger partial charge on any atom is 0.253 e. The molecule has 0 aliphatic carbocycles. The molecule has 3 rings (SSSR count). The number of hydrogen-bond acceptors (Lipinski definition) is 3. The van der Waals surface area contributed by atoms with Gasteiger partial charge in [0.1, 0.15) is 18.2 Å². The molecule has 5 heteroatoms. The number of aryl methyl sites for hydroxylation is 1. The Balaban J connectivity index is 1.56. The zero-order valence-electron chi connectivity index (χ0n) is 14.4. The summed E-state index contributed by atoms with van der Waals surface area (Å²) in [7, 11) is 0. The fourth-order valence-corrected chi connectivity index (χ4v) is 2.56. The van der Waals surface area contributed by atoms with Crippen LogP contribution in [0.25, 0.3) is 11.3 Å². The maximum atomic E-state index is 13.1. The Bertz CT molecular complexity index is 898. The lowest BCUT2D eigenvalue weighted by molar-refractivity contribution is 0.0946. The van der Waals surface area contributed by atoms with E-state index >= 15 is 0 Å². The first-order chi connectivity index (χ1) is 12.6. The Labute approximate surface area is 151 Å². The average molecular weight is 350 g/mol. The monoisotopic (exact) mass is 350 g/mol. The molecule has 0 saturated carbocycles. The molecule has 0 bridgehead atoms. The molecule has 0 saturated heterocycles. The summed E-state index contributed by atoms with van der Waals surface area (Å²) in [5.74, 6) is -0.131. The molecule has 3 aromatic rings. The van der Waals surface area contributed by atoms with Gasteiger partial charge in [0.15, 0.2) is 0 Å². The number of halogens is 1. The van der Waals surface area contributed by atoms with E-state index in [1.165, 1.54) is 12.1 Å². The number of carbonyl (C=O) groups excluding carboxylic acids is 1. The third-order valence-electron chi connectivity index (χ3n) is 3.85. The van der Waals surface area contributed by atoms with Gasteiger partial charge in [-0.25, -0.2) is 4.39 Å². The zero-order chi connectivity index (χ0) is 18.4. The number of rotatable bonds is 6. The van der Waals surface area contributed by atoms with Gasteiger partial charge in [-0.15, -0.1) is 0 Å². The lowest BCUT2D eigenvalue weighted by Gasteiger charge is -2.10. The van der Waals surface area contributed by atoms with Crippen molar-refractivity contribution in [1.29, 1.82) is 0 Å². The van der Waals surface area contributed by atoms with Gasteiger partial charge in [0.05, 0.1) is 23.5 Å². The number of hydrogen-bond donors (Lipinski definition) is 1. The Morgan fingerprint density at radius 2 is 1.88 bits per heavy atom. The predicted molar refractivity (Wildman–Crippen MR) is 98.6 cm³/mol. The standard InChI is InChI=1S/C21H19FN2O2/c1-15-19(10-11-20(24-15)16-6-3-2-4-7-16)21(25)23-12-13-26-18-9-5-8-17(22)14-18/h2-11,14H,12-13H2,1H3,(H,23,25). The number of nitrogens with one attached hydrogen (secondary N) is 1. The molecule has 0 spiro atoms. The first-order valence-corrected chi connectivity index (χ1v) is 8.33. The summed E-state index contributed by atoms with van der Waals surface area (Å²) in [4.78, 5) is 16.8. The van der Waals surface area contributed by atoms with Crippen LogP contribution in [0.2, 0.25) is 0 Å². The number of aromatic nitrogens is 1. The van der Waals surface area contributed by atoms with Crippen LogP contribution in [0.3, 0.4) is 0 Å². The van der Waals surface area contributed by atoms with Crippen molar-refractivity contribution in [1.82, 2.24) is 10.3 Å². The highest BCUT2D eigenvalue weighted by Gasteiger charge is 2.11. The maximum absolute atomic E-state index is 13.1. The van der Waals surface area contributed by atoms with Gasteiger partial charge in [-0.1, -0.05) is 36.4 Å². The van der Waals surface area contributed by atoms with Gasteiger partial charge < -0.3 is 10.1 Å². The van der Waals surface area contributed by atoms with Crippen LogP contribution in [0.1, 0.15) is 16.1 Å². The minimum absolute atomic E-state index is 0.211. The topological polar surface area (TPSA) is 51.2 Å². The highest BCUT2D eigenvalue weighted by molar-refractivity contribution is 5.95. The normalized spacial score (nSPS) is 10.4. The second-order valence-electron chi connectivity index (χ2n) is 5.76. The molecule has 1 aromatic heterocycles. The van der Waals surface area contributed by atoms with Crippen LogP contribution in [0.15, 0.2) is 66.7 Å². The van der Waals surface area contributed by atoms with E-state index in [1.54, 1.807) is 18.2 Å². The van der Waals surface area contributed by atoms with E-state index in [0.29, 0.717) is 23.6 Å². The average Bonchev–Trinajstić information content (AvgIpc) is 2.66. The molecule has 26 heavy (non-hydrogen) atoms. The fourth-order valence-electron chi connectivity index (χ4n) is 2.56.